The maximum absolute atomic E-state index is 13.3. The van der Waals surface area contributed by atoms with Crippen molar-refractivity contribution >= 4 is 17.9 Å². The van der Waals surface area contributed by atoms with Crippen LogP contribution in [-0.2, 0) is 32.5 Å². The van der Waals surface area contributed by atoms with E-state index in [1.165, 1.54) is 0 Å². The van der Waals surface area contributed by atoms with E-state index in [4.69, 9.17) is 14.6 Å². The van der Waals surface area contributed by atoms with Crippen LogP contribution in [0.1, 0.15) is 90.4 Å². The van der Waals surface area contributed by atoms with E-state index in [2.05, 4.69) is 0 Å². The third-order valence-corrected chi connectivity index (χ3v) is 5.27. The van der Waals surface area contributed by atoms with Gasteiger partial charge in [-0.25, -0.2) is 9.59 Å². The number of carboxylic acids is 1. The first kappa shape index (κ1) is 26.1. The molecule has 178 valence electrons. The molecule has 0 aliphatic rings. The Morgan fingerprint density at radius 3 is 1.97 bits per heavy atom. The molecule has 6 nitrogen and oxygen atoms in total. The first-order valence-corrected chi connectivity index (χ1v) is 11.4. The van der Waals surface area contributed by atoms with Crippen LogP contribution in [-0.4, -0.2) is 36.2 Å². The van der Waals surface area contributed by atoms with Crippen LogP contribution in [0.3, 0.4) is 0 Å². The maximum atomic E-state index is 13.3. The Morgan fingerprint density at radius 1 is 0.879 bits per heavy atom. The lowest BCUT2D eigenvalue weighted by Gasteiger charge is -2.29. The number of rotatable bonds is 10. The number of ether oxygens (including phenoxy) is 2. The molecule has 0 bridgehead atoms. The fourth-order valence-corrected chi connectivity index (χ4v) is 4.08. The van der Waals surface area contributed by atoms with Gasteiger partial charge in [0.25, 0.3) is 0 Å². The number of hydrogen-bond acceptors (Lipinski definition) is 5. The molecular formula is C27H34O6. The average molecular weight is 455 g/mol. The van der Waals surface area contributed by atoms with Gasteiger partial charge in [-0.1, -0.05) is 57.2 Å². The lowest BCUT2D eigenvalue weighted by Crippen LogP contribution is -2.26. The molecule has 6 heteroatoms. The molecular weight excluding hydrogens is 420 g/mol. The summed E-state index contributed by atoms with van der Waals surface area (Å²) in [6, 6.07) is 11.8. The van der Waals surface area contributed by atoms with Crippen molar-refractivity contribution in [2.75, 3.05) is 13.2 Å². The van der Waals surface area contributed by atoms with E-state index in [0.717, 1.165) is 16.7 Å². The van der Waals surface area contributed by atoms with Gasteiger partial charge in [0.1, 0.15) is 0 Å². The van der Waals surface area contributed by atoms with Gasteiger partial charge in [0.2, 0.25) is 0 Å². The van der Waals surface area contributed by atoms with Crippen molar-refractivity contribution < 1.29 is 29.0 Å². The standard InChI is InChI=1S/C27H34O6/c1-6-32-25(30)22-19(14-11-15-21(28)29)17-20(16-18-12-9-8-10-13-18)24(27(3,4)5)23(22)26(31)33-7-2/h8-10,12-13,17H,6-7,11,14-16H2,1-5H3,(H,28,29). The quantitative estimate of drug-likeness (QED) is 0.488. The molecule has 33 heavy (non-hydrogen) atoms. The minimum atomic E-state index is -0.908. The summed E-state index contributed by atoms with van der Waals surface area (Å²) >= 11 is 0. The molecule has 0 amide bonds. The van der Waals surface area contributed by atoms with Crippen molar-refractivity contribution in [1.82, 2.24) is 0 Å². The first-order chi connectivity index (χ1) is 15.6. The smallest absolute Gasteiger partial charge is 0.339 e. The predicted molar refractivity (Wildman–Crippen MR) is 127 cm³/mol. The Kier molecular flexibility index (Phi) is 9.21. The predicted octanol–water partition coefficient (Wildman–Crippen LogP) is 5.34. The molecule has 0 aliphatic carbocycles. The van der Waals surface area contributed by atoms with Crippen LogP contribution in [0.2, 0.25) is 0 Å². The van der Waals surface area contributed by atoms with E-state index in [9.17, 15) is 14.4 Å². The highest BCUT2D eigenvalue weighted by Crippen LogP contribution is 2.36. The Labute approximate surface area is 195 Å². The second-order valence-electron chi connectivity index (χ2n) is 8.92. The van der Waals surface area contributed by atoms with Gasteiger partial charge in [-0.2, -0.15) is 0 Å². The lowest BCUT2D eigenvalue weighted by molar-refractivity contribution is -0.137. The molecule has 0 aromatic heterocycles. The van der Waals surface area contributed by atoms with E-state index < -0.39 is 23.3 Å². The highest BCUT2D eigenvalue weighted by atomic mass is 16.5. The number of hydrogen-bond donors (Lipinski definition) is 1. The third kappa shape index (κ3) is 6.91. The van der Waals surface area contributed by atoms with Crippen LogP contribution in [0.25, 0.3) is 0 Å². The molecule has 0 fully saturated rings. The Hall–Kier alpha value is -3.15. The van der Waals surface area contributed by atoms with Crippen molar-refractivity contribution in [2.24, 2.45) is 0 Å². The molecule has 0 saturated heterocycles. The molecule has 0 saturated carbocycles. The molecule has 2 rings (SSSR count). The van der Waals surface area contributed by atoms with Gasteiger partial charge in [0.05, 0.1) is 24.3 Å². The van der Waals surface area contributed by atoms with Crippen LogP contribution in [0.5, 0.6) is 0 Å². The second-order valence-corrected chi connectivity index (χ2v) is 8.92. The van der Waals surface area contributed by atoms with E-state index in [-0.39, 0.29) is 30.8 Å². The van der Waals surface area contributed by atoms with E-state index in [1.54, 1.807) is 13.8 Å². The van der Waals surface area contributed by atoms with Gasteiger partial charge >= 0.3 is 17.9 Å². The fourth-order valence-electron chi connectivity index (χ4n) is 4.08. The van der Waals surface area contributed by atoms with Crippen LogP contribution >= 0.6 is 0 Å². The highest BCUT2D eigenvalue weighted by Gasteiger charge is 2.33. The number of esters is 2. The van der Waals surface area contributed by atoms with Gasteiger partial charge in [0.15, 0.2) is 0 Å². The molecule has 0 unspecified atom stereocenters. The normalized spacial score (nSPS) is 11.2. The number of carbonyl (C=O) groups excluding carboxylic acids is 2. The number of carboxylic acid groups (broad SMARTS) is 1. The van der Waals surface area contributed by atoms with Crippen LogP contribution in [0, 0.1) is 0 Å². The molecule has 2 aromatic carbocycles. The number of aliphatic carboxylic acids is 1. The zero-order chi connectivity index (χ0) is 24.6. The number of carbonyl (C=O) groups is 3. The summed E-state index contributed by atoms with van der Waals surface area (Å²) in [5.74, 6) is -2.07. The van der Waals surface area contributed by atoms with Crippen LogP contribution in [0.4, 0.5) is 0 Å². The SMILES string of the molecule is CCOC(=O)c1c(CCCC(=O)O)cc(Cc2ccccc2)c(C(C)(C)C)c1C(=O)OCC. The maximum Gasteiger partial charge on any atom is 0.339 e. The summed E-state index contributed by atoms with van der Waals surface area (Å²) in [7, 11) is 0. The van der Waals surface area contributed by atoms with E-state index in [1.807, 2.05) is 57.2 Å². The van der Waals surface area contributed by atoms with Crippen molar-refractivity contribution in [3.63, 3.8) is 0 Å². The first-order valence-electron chi connectivity index (χ1n) is 11.4. The Morgan fingerprint density at radius 2 is 1.45 bits per heavy atom. The molecule has 0 heterocycles. The minimum absolute atomic E-state index is 0.0357. The monoisotopic (exact) mass is 454 g/mol. The largest absolute Gasteiger partial charge is 0.481 e. The van der Waals surface area contributed by atoms with E-state index >= 15 is 0 Å². The number of aryl methyl sites for hydroxylation is 1. The fraction of sp³-hybridized carbons (Fsp3) is 0.444. The summed E-state index contributed by atoms with van der Waals surface area (Å²) in [6.45, 7) is 9.75. The van der Waals surface area contributed by atoms with Crippen molar-refractivity contribution in [2.45, 2.75) is 65.7 Å². The number of benzene rings is 2. The molecule has 0 radical (unpaired) electrons. The average Bonchev–Trinajstić information content (AvgIpc) is 2.73. The highest BCUT2D eigenvalue weighted by molar-refractivity contribution is 6.06. The van der Waals surface area contributed by atoms with Gasteiger partial charge in [-0.15, -0.1) is 0 Å². The van der Waals surface area contributed by atoms with Gasteiger partial charge in [0, 0.05) is 6.42 Å². The Balaban J connectivity index is 2.84. The van der Waals surface area contributed by atoms with Gasteiger partial charge in [-0.3, -0.25) is 4.79 Å². The van der Waals surface area contributed by atoms with Crippen molar-refractivity contribution in [1.29, 1.82) is 0 Å². The van der Waals surface area contributed by atoms with Gasteiger partial charge < -0.3 is 14.6 Å². The van der Waals surface area contributed by atoms with Gasteiger partial charge in [-0.05, 0) is 60.8 Å². The van der Waals surface area contributed by atoms with Crippen molar-refractivity contribution in [3.05, 3.63) is 69.8 Å². The third-order valence-electron chi connectivity index (χ3n) is 5.27. The molecule has 2 aromatic rings. The van der Waals surface area contributed by atoms with Crippen molar-refractivity contribution in [3.8, 4) is 0 Å². The lowest BCUT2D eigenvalue weighted by atomic mass is 9.75. The van der Waals surface area contributed by atoms with E-state index in [0.29, 0.717) is 24.8 Å². The summed E-state index contributed by atoms with van der Waals surface area (Å²) in [5.41, 5.74) is 3.27. The second kappa shape index (κ2) is 11.6. The minimum Gasteiger partial charge on any atom is -0.481 e. The molecule has 0 aliphatic heterocycles. The summed E-state index contributed by atoms with van der Waals surface area (Å²) in [4.78, 5) is 37.5. The Bertz CT molecular complexity index is 986. The molecule has 0 atom stereocenters. The summed E-state index contributed by atoms with van der Waals surface area (Å²) < 4.78 is 10.7. The zero-order valence-electron chi connectivity index (χ0n) is 20.2. The van der Waals surface area contributed by atoms with Crippen LogP contribution < -0.4 is 0 Å². The molecule has 1 N–H and O–H groups in total. The summed E-state index contributed by atoms with van der Waals surface area (Å²) in [5, 5.41) is 9.10. The van der Waals surface area contributed by atoms with Crippen LogP contribution in [0.15, 0.2) is 36.4 Å². The zero-order valence-corrected chi connectivity index (χ0v) is 20.2. The molecule has 0 spiro atoms. The summed E-state index contributed by atoms with van der Waals surface area (Å²) in [6.07, 6.45) is 1.20. The topological polar surface area (TPSA) is 89.9 Å².